The number of halogens is 3. The summed E-state index contributed by atoms with van der Waals surface area (Å²) in [7, 11) is 0. The van der Waals surface area contributed by atoms with Crippen LogP contribution in [0, 0.1) is 5.92 Å². The second-order valence-corrected chi connectivity index (χ2v) is 7.22. The summed E-state index contributed by atoms with van der Waals surface area (Å²) in [5, 5.41) is 11.7. The lowest BCUT2D eigenvalue weighted by atomic mass is 9.84. The Morgan fingerprint density at radius 3 is 2.31 bits per heavy atom. The van der Waals surface area contributed by atoms with Gasteiger partial charge >= 0.3 is 18.2 Å². The summed E-state index contributed by atoms with van der Waals surface area (Å²) in [6.45, 7) is 4.41. The first-order valence-electron chi connectivity index (χ1n) is 8.44. The van der Waals surface area contributed by atoms with Crippen LogP contribution in [-0.2, 0) is 16.4 Å². The molecule has 1 saturated heterocycles. The van der Waals surface area contributed by atoms with Crippen molar-refractivity contribution in [3.63, 3.8) is 0 Å². The average Bonchev–Trinajstić information content (AvgIpc) is 2.59. The summed E-state index contributed by atoms with van der Waals surface area (Å²) >= 11 is 0. The monoisotopic (exact) mass is 372 g/mol. The van der Waals surface area contributed by atoms with Crippen molar-refractivity contribution >= 4 is 12.0 Å². The molecule has 1 fully saturated rings. The molecule has 2 rings (SSSR count). The van der Waals surface area contributed by atoms with E-state index in [0.717, 1.165) is 12.1 Å². The number of likely N-dealkylation sites (tertiary alicyclic amines) is 1. The topological polar surface area (TPSA) is 69.6 Å². The predicted octanol–water partition coefficient (Wildman–Crippen LogP) is 3.49. The molecule has 0 bridgehead atoms. The van der Waals surface area contributed by atoms with Crippen LogP contribution >= 0.6 is 0 Å². The summed E-state index contributed by atoms with van der Waals surface area (Å²) < 4.78 is 38.6. The average molecular weight is 372 g/mol. The van der Waals surface area contributed by atoms with Gasteiger partial charge in [0.15, 0.2) is 0 Å². The number of nitrogens with one attached hydrogen (secondary N) is 1. The van der Waals surface area contributed by atoms with Crippen LogP contribution in [0.4, 0.5) is 18.0 Å². The highest BCUT2D eigenvalue weighted by molar-refractivity contribution is 5.75. The Labute approximate surface area is 150 Å². The first-order chi connectivity index (χ1) is 12.0. The minimum absolute atomic E-state index is 0.173. The van der Waals surface area contributed by atoms with E-state index in [-0.39, 0.29) is 12.6 Å². The van der Waals surface area contributed by atoms with E-state index in [9.17, 15) is 22.8 Å². The maximum atomic E-state index is 12.9. The molecular formula is C18H23F3N2O3. The van der Waals surface area contributed by atoms with Gasteiger partial charge in [-0.15, -0.1) is 0 Å². The Hall–Kier alpha value is -2.25. The molecule has 0 atom stereocenters. The third kappa shape index (κ3) is 4.89. The van der Waals surface area contributed by atoms with Crippen LogP contribution in [0.2, 0.25) is 0 Å². The van der Waals surface area contributed by atoms with Crippen molar-refractivity contribution in [1.29, 1.82) is 0 Å². The lowest BCUT2D eigenvalue weighted by Gasteiger charge is -2.32. The number of urea groups is 1. The van der Waals surface area contributed by atoms with Crippen LogP contribution in [0.1, 0.15) is 37.8 Å². The standard InChI is InChI=1S/C18H23F3N2O3/c1-17(2,13-4-3-5-14(10-13)18(19,20)21)11-22-16(26)23-8-6-12(7-9-23)15(24)25/h3-5,10,12H,6-9,11H2,1-2H3,(H,22,26)(H,24,25). The highest BCUT2D eigenvalue weighted by Gasteiger charge is 2.33. The van der Waals surface area contributed by atoms with E-state index in [0.29, 0.717) is 31.5 Å². The van der Waals surface area contributed by atoms with Gasteiger partial charge in [-0.25, -0.2) is 4.79 Å². The molecule has 26 heavy (non-hydrogen) atoms. The maximum absolute atomic E-state index is 12.9. The molecule has 144 valence electrons. The number of piperidine rings is 1. The maximum Gasteiger partial charge on any atom is 0.416 e. The third-order valence-electron chi connectivity index (χ3n) is 4.78. The fourth-order valence-corrected chi connectivity index (χ4v) is 2.96. The number of amides is 2. The Morgan fingerprint density at radius 2 is 1.77 bits per heavy atom. The number of carboxylic acids is 1. The van der Waals surface area contributed by atoms with Crippen molar-refractivity contribution < 1.29 is 27.9 Å². The highest BCUT2D eigenvalue weighted by Crippen LogP contribution is 2.32. The van der Waals surface area contributed by atoms with Crippen LogP contribution in [0.5, 0.6) is 0 Å². The zero-order chi connectivity index (χ0) is 19.5. The second-order valence-electron chi connectivity index (χ2n) is 7.22. The molecule has 0 spiro atoms. The normalized spacial score (nSPS) is 16.4. The lowest BCUT2D eigenvalue weighted by molar-refractivity contribution is -0.143. The van der Waals surface area contributed by atoms with E-state index < -0.39 is 29.0 Å². The molecule has 1 aliphatic rings. The molecule has 2 N–H and O–H groups in total. The van der Waals surface area contributed by atoms with Crippen molar-refractivity contribution in [2.24, 2.45) is 5.92 Å². The first-order valence-corrected chi connectivity index (χ1v) is 8.44. The third-order valence-corrected chi connectivity index (χ3v) is 4.78. The van der Waals surface area contributed by atoms with Crippen LogP contribution in [0.3, 0.4) is 0 Å². The van der Waals surface area contributed by atoms with Gasteiger partial charge in [-0.2, -0.15) is 13.2 Å². The number of carbonyl (C=O) groups is 2. The molecule has 1 heterocycles. The Morgan fingerprint density at radius 1 is 1.19 bits per heavy atom. The Bertz CT molecular complexity index is 666. The number of carbonyl (C=O) groups excluding carboxylic acids is 1. The fraction of sp³-hybridized carbons (Fsp3) is 0.556. The van der Waals surface area contributed by atoms with Crippen LogP contribution in [0.15, 0.2) is 24.3 Å². The number of rotatable bonds is 4. The highest BCUT2D eigenvalue weighted by atomic mass is 19.4. The van der Waals surface area contributed by atoms with Crippen LogP contribution < -0.4 is 5.32 Å². The quantitative estimate of drug-likeness (QED) is 0.850. The number of nitrogens with zero attached hydrogens (tertiary/aromatic N) is 1. The summed E-state index contributed by atoms with van der Waals surface area (Å²) in [5.41, 5.74) is -0.918. The molecule has 1 aromatic rings. The van der Waals surface area contributed by atoms with E-state index in [1.54, 1.807) is 24.8 Å². The van der Waals surface area contributed by atoms with Gasteiger partial charge in [-0.05, 0) is 24.5 Å². The Kier molecular flexibility index (Phi) is 5.83. The zero-order valence-electron chi connectivity index (χ0n) is 14.8. The number of aliphatic carboxylic acids is 1. The molecule has 1 aromatic carbocycles. The molecule has 2 amide bonds. The van der Waals surface area contributed by atoms with Crippen molar-refractivity contribution in [1.82, 2.24) is 10.2 Å². The van der Waals surface area contributed by atoms with Gasteiger partial charge < -0.3 is 15.3 Å². The van der Waals surface area contributed by atoms with Gasteiger partial charge in [0.05, 0.1) is 11.5 Å². The molecule has 0 aliphatic carbocycles. The minimum atomic E-state index is -4.41. The van der Waals surface area contributed by atoms with E-state index in [1.807, 2.05) is 0 Å². The summed E-state index contributed by atoms with van der Waals surface area (Å²) in [6, 6.07) is 4.77. The molecule has 5 nitrogen and oxygen atoms in total. The molecule has 0 radical (unpaired) electrons. The second kappa shape index (κ2) is 7.55. The zero-order valence-corrected chi connectivity index (χ0v) is 14.8. The van der Waals surface area contributed by atoms with Gasteiger partial charge in [-0.3, -0.25) is 4.79 Å². The van der Waals surface area contributed by atoms with E-state index in [2.05, 4.69) is 5.32 Å². The Balaban J connectivity index is 1.96. The van der Waals surface area contributed by atoms with E-state index in [4.69, 9.17) is 5.11 Å². The van der Waals surface area contributed by atoms with Gasteiger partial charge in [0.25, 0.3) is 0 Å². The number of benzene rings is 1. The van der Waals surface area contributed by atoms with Gasteiger partial charge in [0.1, 0.15) is 0 Å². The number of carboxylic acid groups (broad SMARTS) is 1. The summed E-state index contributed by atoms with van der Waals surface area (Å²) in [5.74, 6) is -1.28. The SMILES string of the molecule is CC(C)(CNC(=O)N1CCC(C(=O)O)CC1)c1cccc(C(F)(F)F)c1. The largest absolute Gasteiger partial charge is 0.481 e. The summed E-state index contributed by atoms with van der Waals surface area (Å²) in [6.07, 6.45) is -3.61. The van der Waals surface area contributed by atoms with Crippen LogP contribution in [-0.4, -0.2) is 41.6 Å². The molecule has 8 heteroatoms. The first kappa shape index (κ1) is 20.1. The molecule has 0 unspecified atom stereocenters. The molecule has 0 aromatic heterocycles. The van der Waals surface area contributed by atoms with Gasteiger partial charge in [-0.1, -0.05) is 32.0 Å². The van der Waals surface area contributed by atoms with E-state index >= 15 is 0 Å². The number of alkyl halides is 3. The fourth-order valence-electron chi connectivity index (χ4n) is 2.96. The summed E-state index contributed by atoms with van der Waals surface area (Å²) in [4.78, 5) is 24.8. The number of hydrogen-bond acceptors (Lipinski definition) is 2. The van der Waals surface area contributed by atoms with Gasteiger partial charge in [0.2, 0.25) is 0 Å². The predicted molar refractivity (Wildman–Crippen MR) is 89.8 cm³/mol. The van der Waals surface area contributed by atoms with Crippen molar-refractivity contribution in [2.75, 3.05) is 19.6 Å². The van der Waals surface area contributed by atoms with E-state index in [1.165, 1.54) is 6.07 Å². The van der Waals surface area contributed by atoms with Gasteiger partial charge in [0, 0.05) is 25.0 Å². The minimum Gasteiger partial charge on any atom is -0.481 e. The molecule has 0 saturated carbocycles. The molecule has 1 aliphatic heterocycles. The lowest BCUT2D eigenvalue weighted by Crippen LogP contribution is -2.48. The van der Waals surface area contributed by atoms with Crippen molar-refractivity contribution in [3.05, 3.63) is 35.4 Å². The number of hydrogen-bond donors (Lipinski definition) is 2. The smallest absolute Gasteiger partial charge is 0.416 e. The van der Waals surface area contributed by atoms with Crippen molar-refractivity contribution in [2.45, 2.75) is 38.3 Å². The molecular weight excluding hydrogens is 349 g/mol. The van der Waals surface area contributed by atoms with Crippen molar-refractivity contribution in [3.8, 4) is 0 Å². The van der Waals surface area contributed by atoms with Crippen LogP contribution in [0.25, 0.3) is 0 Å².